The minimum Gasteiger partial charge on any atom is -0.480 e. The third-order valence-electron chi connectivity index (χ3n) is 4.67. The molecule has 0 aliphatic heterocycles. The zero-order valence-corrected chi connectivity index (χ0v) is 15.6. The first kappa shape index (κ1) is 21.3. The first-order valence-electron chi connectivity index (χ1n) is 9.01. The summed E-state index contributed by atoms with van der Waals surface area (Å²) in [7, 11) is 0. The van der Waals surface area contributed by atoms with Gasteiger partial charge in [-0.05, 0) is 34.0 Å². The number of carboxylic acids is 1. The summed E-state index contributed by atoms with van der Waals surface area (Å²) in [6, 6.07) is 15.0. The van der Waals surface area contributed by atoms with Gasteiger partial charge >= 0.3 is 12.1 Å². The highest BCUT2D eigenvalue weighted by atomic mass is 19.4. The van der Waals surface area contributed by atoms with E-state index in [1.165, 1.54) is 0 Å². The van der Waals surface area contributed by atoms with E-state index in [1.54, 1.807) is 6.07 Å². The summed E-state index contributed by atoms with van der Waals surface area (Å²) in [5.74, 6) is -2.31. The predicted octanol–water partition coefficient (Wildman–Crippen LogP) is 3.70. The van der Waals surface area contributed by atoms with Crippen LogP contribution < -0.4 is 5.32 Å². The van der Waals surface area contributed by atoms with Crippen LogP contribution in [0, 0.1) is 0 Å². The van der Waals surface area contributed by atoms with Gasteiger partial charge in [0.2, 0.25) is 0 Å². The van der Waals surface area contributed by atoms with Gasteiger partial charge in [0.05, 0.1) is 5.56 Å². The van der Waals surface area contributed by atoms with Crippen LogP contribution in [0.4, 0.5) is 13.2 Å². The molecule has 156 valence electrons. The molecule has 3 rings (SSSR count). The Morgan fingerprint density at radius 1 is 0.933 bits per heavy atom. The number of alkyl halides is 3. The third kappa shape index (κ3) is 4.96. The summed E-state index contributed by atoms with van der Waals surface area (Å²) >= 11 is 0. The fraction of sp³-hybridized carbons (Fsp3) is 0.182. The van der Waals surface area contributed by atoms with Gasteiger partial charge in [-0.15, -0.1) is 0 Å². The van der Waals surface area contributed by atoms with E-state index in [1.807, 2.05) is 36.4 Å². The molecule has 3 aromatic carbocycles. The SMILES string of the molecule is O=C(O)[C@@H](Cc1ccc2ccccc2c1)NC(=O)[C@H](O)c1ccc(C(F)(F)F)cc1. The predicted molar refractivity (Wildman–Crippen MR) is 104 cm³/mol. The lowest BCUT2D eigenvalue weighted by atomic mass is 10.0. The Morgan fingerprint density at radius 3 is 2.17 bits per heavy atom. The average molecular weight is 417 g/mol. The van der Waals surface area contributed by atoms with Crippen molar-refractivity contribution < 1.29 is 33.0 Å². The lowest BCUT2D eigenvalue weighted by Gasteiger charge is -2.18. The molecule has 0 bridgehead atoms. The van der Waals surface area contributed by atoms with E-state index >= 15 is 0 Å². The molecule has 8 heteroatoms. The topological polar surface area (TPSA) is 86.6 Å². The number of fused-ring (bicyclic) bond motifs is 1. The van der Waals surface area contributed by atoms with Crippen LogP contribution in [-0.4, -0.2) is 28.1 Å². The van der Waals surface area contributed by atoms with Gasteiger partial charge in [0, 0.05) is 6.42 Å². The van der Waals surface area contributed by atoms with Gasteiger partial charge < -0.3 is 15.5 Å². The molecule has 3 aromatic rings. The number of carbonyl (C=O) groups is 2. The number of aliphatic hydroxyl groups is 1. The van der Waals surface area contributed by atoms with Crippen LogP contribution in [0.15, 0.2) is 66.7 Å². The van der Waals surface area contributed by atoms with Crippen LogP contribution in [0.5, 0.6) is 0 Å². The van der Waals surface area contributed by atoms with Crippen molar-refractivity contribution in [3.63, 3.8) is 0 Å². The zero-order chi connectivity index (χ0) is 21.9. The smallest absolute Gasteiger partial charge is 0.416 e. The van der Waals surface area contributed by atoms with Crippen LogP contribution in [0.25, 0.3) is 10.8 Å². The summed E-state index contributed by atoms with van der Waals surface area (Å²) < 4.78 is 37.9. The van der Waals surface area contributed by atoms with E-state index in [-0.39, 0.29) is 12.0 Å². The molecule has 0 aliphatic rings. The Bertz CT molecular complexity index is 1060. The normalized spacial score (nSPS) is 13.6. The van der Waals surface area contributed by atoms with Gasteiger partial charge in [0.25, 0.3) is 5.91 Å². The number of hydrogen-bond acceptors (Lipinski definition) is 3. The van der Waals surface area contributed by atoms with Crippen molar-refractivity contribution in [2.45, 2.75) is 24.7 Å². The van der Waals surface area contributed by atoms with Crippen molar-refractivity contribution in [2.24, 2.45) is 0 Å². The quantitative estimate of drug-likeness (QED) is 0.571. The molecule has 3 N–H and O–H groups in total. The highest BCUT2D eigenvalue weighted by Gasteiger charge is 2.31. The molecule has 0 saturated carbocycles. The molecule has 0 fully saturated rings. The Kier molecular flexibility index (Phi) is 6.07. The van der Waals surface area contributed by atoms with Gasteiger partial charge in [-0.3, -0.25) is 4.79 Å². The molecule has 2 atom stereocenters. The zero-order valence-electron chi connectivity index (χ0n) is 15.6. The summed E-state index contributed by atoms with van der Waals surface area (Å²) in [6.07, 6.45) is -6.36. The largest absolute Gasteiger partial charge is 0.480 e. The van der Waals surface area contributed by atoms with E-state index in [0.29, 0.717) is 5.56 Å². The lowest BCUT2D eigenvalue weighted by Crippen LogP contribution is -2.44. The van der Waals surface area contributed by atoms with Gasteiger partial charge in [-0.2, -0.15) is 13.2 Å². The Hall–Kier alpha value is -3.39. The van der Waals surface area contributed by atoms with Crippen molar-refractivity contribution >= 4 is 22.6 Å². The maximum Gasteiger partial charge on any atom is 0.416 e. The molecule has 0 radical (unpaired) electrons. The molecule has 0 unspecified atom stereocenters. The number of carboxylic acid groups (broad SMARTS) is 1. The second-order valence-corrected chi connectivity index (χ2v) is 6.81. The van der Waals surface area contributed by atoms with Gasteiger partial charge in [0.15, 0.2) is 6.10 Å². The number of hydrogen-bond donors (Lipinski definition) is 3. The van der Waals surface area contributed by atoms with Crippen LogP contribution in [0.2, 0.25) is 0 Å². The summed E-state index contributed by atoms with van der Waals surface area (Å²) in [4.78, 5) is 23.9. The third-order valence-corrected chi connectivity index (χ3v) is 4.67. The standard InChI is InChI=1S/C22H18F3NO4/c23-22(24,25)17-9-7-15(8-10-17)19(27)20(28)26-18(21(29)30)12-13-5-6-14-3-1-2-4-16(14)11-13/h1-11,18-19,27H,12H2,(H,26,28)(H,29,30)/t18-,19-/m1/s1. The average Bonchev–Trinajstić information content (AvgIpc) is 2.72. The Morgan fingerprint density at radius 2 is 1.57 bits per heavy atom. The van der Waals surface area contributed by atoms with Crippen molar-refractivity contribution in [2.75, 3.05) is 0 Å². The maximum atomic E-state index is 12.6. The van der Waals surface area contributed by atoms with Crippen LogP contribution in [0.1, 0.15) is 22.8 Å². The molecule has 0 heterocycles. The Balaban J connectivity index is 1.72. The molecule has 0 aliphatic carbocycles. The van der Waals surface area contributed by atoms with Crippen molar-refractivity contribution in [3.8, 4) is 0 Å². The number of nitrogens with one attached hydrogen (secondary N) is 1. The molecule has 0 saturated heterocycles. The van der Waals surface area contributed by atoms with Gasteiger partial charge in [-0.25, -0.2) is 4.79 Å². The van der Waals surface area contributed by atoms with Gasteiger partial charge in [0.1, 0.15) is 6.04 Å². The second kappa shape index (κ2) is 8.54. The van der Waals surface area contributed by atoms with Crippen LogP contribution >= 0.6 is 0 Å². The number of aliphatic hydroxyl groups excluding tert-OH is 1. The fourth-order valence-electron chi connectivity index (χ4n) is 3.06. The number of benzene rings is 3. The molecule has 0 aromatic heterocycles. The monoisotopic (exact) mass is 417 g/mol. The van der Waals surface area contributed by atoms with Crippen LogP contribution in [0.3, 0.4) is 0 Å². The first-order valence-corrected chi connectivity index (χ1v) is 9.01. The molecule has 0 spiro atoms. The maximum absolute atomic E-state index is 12.6. The van der Waals surface area contributed by atoms with Crippen molar-refractivity contribution in [1.82, 2.24) is 5.32 Å². The van der Waals surface area contributed by atoms with E-state index in [2.05, 4.69) is 5.32 Å². The Labute approximate surface area is 169 Å². The molecule has 1 amide bonds. The summed E-state index contributed by atoms with van der Waals surface area (Å²) in [6.45, 7) is 0. The molecule has 30 heavy (non-hydrogen) atoms. The lowest BCUT2D eigenvalue weighted by molar-refractivity contribution is -0.143. The molecule has 5 nitrogen and oxygen atoms in total. The van der Waals surface area contributed by atoms with E-state index in [0.717, 1.165) is 35.0 Å². The first-order chi connectivity index (χ1) is 14.1. The number of rotatable bonds is 6. The van der Waals surface area contributed by atoms with Gasteiger partial charge in [-0.1, -0.05) is 54.6 Å². The fourth-order valence-corrected chi connectivity index (χ4v) is 3.06. The molecular weight excluding hydrogens is 399 g/mol. The number of aliphatic carboxylic acids is 1. The summed E-state index contributed by atoms with van der Waals surface area (Å²) in [5.41, 5.74) is -0.320. The van der Waals surface area contributed by atoms with Crippen molar-refractivity contribution in [1.29, 1.82) is 0 Å². The number of carbonyl (C=O) groups excluding carboxylic acids is 1. The molecular formula is C22H18F3NO4. The van der Waals surface area contributed by atoms with Crippen molar-refractivity contribution in [3.05, 3.63) is 83.4 Å². The highest BCUT2D eigenvalue weighted by molar-refractivity contribution is 5.87. The van der Waals surface area contributed by atoms with Crippen LogP contribution in [-0.2, 0) is 22.2 Å². The van der Waals surface area contributed by atoms with E-state index < -0.39 is 35.8 Å². The minimum atomic E-state index is -4.54. The second-order valence-electron chi connectivity index (χ2n) is 6.81. The van der Waals surface area contributed by atoms with E-state index in [4.69, 9.17) is 0 Å². The highest BCUT2D eigenvalue weighted by Crippen LogP contribution is 2.30. The van der Waals surface area contributed by atoms with E-state index in [9.17, 15) is 33.0 Å². The number of amides is 1. The number of halogens is 3. The minimum absolute atomic E-state index is 0.0222. The summed E-state index contributed by atoms with van der Waals surface area (Å²) in [5, 5.41) is 23.7.